The van der Waals surface area contributed by atoms with E-state index in [0.29, 0.717) is 12.8 Å². The van der Waals surface area contributed by atoms with Crippen molar-refractivity contribution in [1.82, 2.24) is 10.6 Å². The molecule has 2 rings (SSSR count). The number of hydrogen-bond donors (Lipinski definition) is 2. The van der Waals surface area contributed by atoms with Crippen LogP contribution >= 0.6 is 0 Å². The smallest absolute Gasteiger partial charge is 0.248 e. The molecule has 0 aromatic heterocycles. The van der Waals surface area contributed by atoms with Crippen molar-refractivity contribution in [1.29, 1.82) is 0 Å². The Morgan fingerprint density at radius 1 is 1.10 bits per heavy atom. The average Bonchev–Trinajstić information content (AvgIpc) is 2.37. The van der Waals surface area contributed by atoms with Crippen LogP contribution in [0.4, 0.5) is 8.78 Å². The highest BCUT2D eigenvalue weighted by Gasteiger charge is 2.50. The zero-order valence-electron chi connectivity index (χ0n) is 13.4. The van der Waals surface area contributed by atoms with Crippen molar-refractivity contribution in [2.24, 2.45) is 11.3 Å². The second-order valence-corrected chi connectivity index (χ2v) is 7.74. The van der Waals surface area contributed by atoms with Gasteiger partial charge in [-0.15, -0.1) is 0 Å². The second kappa shape index (κ2) is 5.82. The fourth-order valence-electron chi connectivity index (χ4n) is 3.75. The lowest BCUT2D eigenvalue weighted by Gasteiger charge is -2.46. The van der Waals surface area contributed by atoms with Gasteiger partial charge in [-0.2, -0.15) is 0 Å². The zero-order valence-corrected chi connectivity index (χ0v) is 13.4. The molecule has 5 heteroatoms. The first-order valence-corrected chi connectivity index (χ1v) is 8.06. The summed E-state index contributed by atoms with van der Waals surface area (Å²) in [5.41, 5.74) is -0.747. The molecule has 2 aliphatic rings. The SMILES string of the molecule is CC(C)(C)NC(=O)C1(C2CCC(F)(F)CC2)CCNCC1. The van der Waals surface area contributed by atoms with Crippen molar-refractivity contribution in [3.8, 4) is 0 Å². The lowest BCUT2D eigenvalue weighted by atomic mass is 9.63. The molecule has 0 aromatic carbocycles. The quantitative estimate of drug-likeness (QED) is 0.823. The molecule has 2 N–H and O–H groups in total. The summed E-state index contributed by atoms with van der Waals surface area (Å²) in [5, 5.41) is 6.38. The molecule has 2 fully saturated rings. The molecule has 1 amide bonds. The fraction of sp³-hybridized carbons (Fsp3) is 0.938. The predicted octanol–water partition coefficient (Wildman–Crippen LogP) is 3.10. The van der Waals surface area contributed by atoms with Gasteiger partial charge >= 0.3 is 0 Å². The number of nitrogens with one attached hydrogen (secondary N) is 2. The maximum atomic E-state index is 13.4. The minimum absolute atomic E-state index is 0.0618. The molecule has 3 nitrogen and oxygen atoms in total. The van der Waals surface area contributed by atoms with Crippen LogP contribution in [0.2, 0.25) is 0 Å². The summed E-state index contributed by atoms with van der Waals surface area (Å²) < 4.78 is 26.9. The Morgan fingerprint density at radius 2 is 1.62 bits per heavy atom. The molecule has 0 bridgehead atoms. The molecule has 1 aliphatic heterocycles. The molecule has 0 unspecified atom stereocenters. The third-order valence-electron chi connectivity index (χ3n) is 4.94. The highest BCUT2D eigenvalue weighted by atomic mass is 19.3. The van der Waals surface area contributed by atoms with E-state index in [4.69, 9.17) is 0 Å². The van der Waals surface area contributed by atoms with Gasteiger partial charge in [0.05, 0.1) is 5.41 Å². The van der Waals surface area contributed by atoms with Gasteiger partial charge in [0.1, 0.15) is 0 Å². The van der Waals surface area contributed by atoms with Gasteiger partial charge in [0.15, 0.2) is 0 Å². The maximum Gasteiger partial charge on any atom is 0.248 e. The molecule has 122 valence electrons. The van der Waals surface area contributed by atoms with Crippen LogP contribution in [0.1, 0.15) is 59.3 Å². The van der Waals surface area contributed by atoms with E-state index < -0.39 is 11.3 Å². The summed E-state index contributed by atoms with van der Waals surface area (Å²) in [6, 6.07) is 0. The van der Waals surface area contributed by atoms with Gasteiger partial charge in [-0.25, -0.2) is 8.78 Å². The largest absolute Gasteiger partial charge is 0.351 e. The first kappa shape index (κ1) is 16.7. The minimum atomic E-state index is -2.54. The topological polar surface area (TPSA) is 41.1 Å². The highest BCUT2D eigenvalue weighted by molar-refractivity contribution is 5.83. The maximum absolute atomic E-state index is 13.4. The number of amides is 1. The highest BCUT2D eigenvalue weighted by Crippen LogP contribution is 2.48. The van der Waals surface area contributed by atoms with E-state index in [9.17, 15) is 13.6 Å². The monoisotopic (exact) mass is 302 g/mol. The van der Waals surface area contributed by atoms with Crippen LogP contribution in [0.3, 0.4) is 0 Å². The van der Waals surface area contributed by atoms with Crippen LogP contribution in [0, 0.1) is 11.3 Å². The van der Waals surface area contributed by atoms with Crippen molar-refractivity contribution >= 4 is 5.91 Å². The van der Waals surface area contributed by atoms with Gasteiger partial charge in [-0.3, -0.25) is 4.79 Å². The Kier molecular flexibility index (Phi) is 4.62. The van der Waals surface area contributed by atoms with Crippen molar-refractivity contribution in [2.45, 2.75) is 70.8 Å². The molecular weight excluding hydrogens is 274 g/mol. The summed E-state index contributed by atoms with van der Waals surface area (Å²) in [4.78, 5) is 12.9. The Labute approximate surface area is 126 Å². The molecule has 0 atom stereocenters. The second-order valence-electron chi connectivity index (χ2n) is 7.74. The lowest BCUT2D eigenvalue weighted by molar-refractivity contribution is -0.142. The number of halogens is 2. The third-order valence-corrected chi connectivity index (χ3v) is 4.94. The number of alkyl halides is 2. The molecule has 21 heavy (non-hydrogen) atoms. The van der Waals surface area contributed by atoms with Gasteiger partial charge in [0.2, 0.25) is 11.8 Å². The zero-order chi connectivity index (χ0) is 15.7. The van der Waals surface area contributed by atoms with Gasteiger partial charge in [0.25, 0.3) is 0 Å². The van der Waals surface area contributed by atoms with Gasteiger partial charge in [0, 0.05) is 18.4 Å². The Balaban J connectivity index is 2.15. The van der Waals surface area contributed by atoms with Crippen molar-refractivity contribution in [3.63, 3.8) is 0 Å². The van der Waals surface area contributed by atoms with Crippen LogP contribution in [-0.2, 0) is 4.79 Å². The van der Waals surface area contributed by atoms with E-state index >= 15 is 0 Å². The Hall–Kier alpha value is -0.710. The number of carbonyl (C=O) groups excluding carboxylic acids is 1. The van der Waals surface area contributed by atoms with Gasteiger partial charge in [-0.1, -0.05) is 0 Å². The number of rotatable bonds is 2. The van der Waals surface area contributed by atoms with Crippen LogP contribution in [0.5, 0.6) is 0 Å². The molecule has 1 aliphatic carbocycles. The molecule has 0 aromatic rings. The van der Waals surface area contributed by atoms with Crippen LogP contribution < -0.4 is 10.6 Å². The number of hydrogen-bond acceptors (Lipinski definition) is 2. The van der Waals surface area contributed by atoms with Gasteiger partial charge < -0.3 is 10.6 Å². The molecule has 1 saturated carbocycles. The number of carbonyl (C=O) groups is 1. The summed E-state index contributed by atoms with van der Waals surface area (Å²) >= 11 is 0. The molecular formula is C16H28F2N2O. The van der Waals surface area contributed by atoms with E-state index in [0.717, 1.165) is 25.9 Å². The summed E-state index contributed by atoms with van der Waals surface area (Å²) in [6.07, 6.45) is 2.29. The summed E-state index contributed by atoms with van der Waals surface area (Å²) in [7, 11) is 0. The first-order chi connectivity index (χ1) is 9.65. The van der Waals surface area contributed by atoms with E-state index in [2.05, 4.69) is 10.6 Å². The lowest BCUT2D eigenvalue weighted by Crippen LogP contribution is -2.56. The molecule has 1 saturated heterocycles. The molecule has 1 heterocycles. The summed E-state index contributed by atoms with van der Waals surface area (Å²) in [6.45, 7) is 7.49. The van der Waals surface area contributed by atoms with Gasteiger partial charge in [-0.05, 0) is 65.5 Å². The van der Waals surface area contributed by atoms with E-state index in [1.165, 1.54) is 0 Å². The average molecular weight is 302 g/mol. The third kappa shape index (κ3) is 3.93. The Bertz CT molecular complexity index is 374. The molecule has 0 radical (unpaired) electrons. The van der Waals surface area contributed by atoms with E-state index in [1.54, 1.807) is 0 Å². The predicted molar refractivity (Wildman–Crippen MR) is 79.3 cm³/mol. The summed E-state index contributed by atoms with van der Waals surface area (Å²) in [5.74, 6) is -2.39. The first-order valence-electron chi connectivity index (χ1n) is 8.06. The van der Waals surface area contributed by atoms with E-state index in [1.807, 2.05) is 20.8 Å². The minimum Gasteiger partial charge on any atom is -0.351 e. The Morgan fingerprint density at radius 3 is 2.10 bits per heavy atom. The molecule has 0 spiro atoms. The number of piperidine rings is 1. The van der Waals surface area contributed by atoms with Crippen LogP contribution in [0.25, 0.3) is 0 Å². The van der Waals surface area contributed by atoms with Crippen molar-refractivity contribution in [2.75, 3.05) is 13.1 Å². The van der Waals surface area contributed by atoms with Crippen LogP contribution in [0.15, 0.2) is 0 Å². The fourth-order valence-corrected chi connectivity index (χ4v) is 3.75. The standard InChI is InChI=1S/C16H28F2N2O/c1-14(2,3)20-13(21)15(8-10-19-11-9-15)12-4-6-16(17,18)7-5-12/h12,19H,4-11H2,1-3H3,(H,20,21). The van der Waals surface area contributed by atoms with Crippen molar-refractivity contribution < 1.29 is 13.6 Å². The van der Waals surface area contributed by atoms with E-state index in [-0.39, 0.29) is 30.2 Å². The van der Waals surface area contributed by atoms with Crippen molar-refractivity contribution in [3.05, 3.63) is 0 Å². The van der Waals surface area contributed by atoms with Crippen LogP contribution in [-0.4, -0.2) is 30.5 Å². The normalized spacial score (nSPS) is 26.3.